The average molecular weight is 733 g/mol. The van der Waals surface area contributed by atoms with Gasteiger partial charge in [-0.15, -0.1) is 0 Å². The zero-order chi connectivity index (χ0) is 14.8. The van der Waals surface area contributed by atoms with Gasteiger partial charge < -0.3 is 9.29 Å². The van der Waals surface area contributed by atoms with Crippen molar-refractivity contribution in [3.63, 3.8) is 0 Å². The first-order valence-electron chi connectivity index (χ1n) is 4.57. The number of esters is 1. The van der Waals surface area contributed by atoms with E-state index in [1.165, 1.54) is 0 Å². The van der Waals surface area contributed by atoms with Gasteiger partial charge in [0.15, 0.2) is 0 Å². The summed E-state index contributed by atoms with van der Waals surface area (Å²) in [6.07, 6.45) is 0. The van der Waals surface area contributed by atoms with Crippen molar-refractivity contribution < 1.29 is 22.5 Å². The van der Waals surface area contributed by atoms with Crippen LogP contribution in [-0.4, -0.2) is 31.3 Å². The van der Waals surface area contributed by atoms with Gasteiger partial charge in [0.2, 0.25) is 0 Å². The fourth-order valence-electron chi connectivity index (χ4n) is 1.04. The van der Waals surface area contributed by atoms with Crippen molar-refractivity contribution in [2.24, 2.45) is 0 Å². The Bertz CT molecular complexity index is 614. The molecule has 0 N–H and O–H groups in total. The molecule has 0 unspecified atom stereocenters. The van der Waals surface area contributed by atoms with Gasteiger partial charge in [-0.2, -0.15) is 0 Å². The van der Waals surface area contributed by atoms with Gasteiger partial charge in [0.25, 0.3) is 0 Å². The topological polar surface area (TPSA) is 83.5 Å². The first-order chi connectivity index (χ1) is 8.63. The van der Waals surface area contributed by atoms with Gasteiger partial charge in [-0.05, 0) is 96.4 Å². The molecule has 0 aliphatic rings. The van der Waals surface area contributed by atoms with Crippen molar-refractivity contribution in [3.05, 3.63) is 25.9 Å². The van der Waals surface area contributed by atoms with E-state index in [1.807, 2.05) is 22.6 Å². The van der Waals surface area contributed by atoms with Crippen molar-refractivity contribution >= 4 is 106 Å². The van der Waals surface area contributed by atoms with Crippen LogP contribution in [0.25, 0.3) is 0 Å². The van der Waals surface area contributed by atoms with E-state index in [0.717, 1.165) is 14.3 Å². The molecule has 1 aromatic carbocycles. The fourth-order valence-corrected chi connectivity index (χ4v) is 4.59. The Morgan fingerprint density at radius 2 is 1.74 bits per heavy atom. The van der Waals surface area contributed by atoms with E-state index in [0.29, 0.717) is 5.56 Å². The molecule has 106 valence electrons. The minimum atomic E-state index is -4.37. The number of rotatable bonds is 4. The molecule has 0 fully saturated rings. The highest BCUT2D eigenvalue weighted by Gasteiger charge is 2.18. The first kappa shape index (κ1) is 18.6. The number of halogens is 4. The molecule has 1 rings (SSSR count). The number of hydrogen-bond acceptors (Lipinski definition) is 5. The van der Waals surface area contributed by atoms with Crippen LogP contribution >= 0.6 is 90.4 Å². The van der Waals surface area contributed by atoms with Gasteiger partial charge >= 0.3 is 5.97 Å². The van der Waals surface area contributed by atoms with Gasteiger partial charge in [0.1, 0.15) is 6.61 Å². The molecule has 0 aliphatic carbocycles. The van der Waals surface area contributed by atoms with Crippen molar-refractivity contribution in [2.45, 2.75) is 0 Å². The number of ether oxygens (including phenoxy) is 1. The third kappa shape index (κ3) is 5.67. The van der Waals surface area contributed by atoms with Crippen LogP contribution in [0.1, 0.15) is 10.4 Å². The van der Waals surface area contributed by atoms with Crippen molar-refractivity contribution in [3.8, 4) is 0 Å². The number of benzene rings is 1. The van der Waals surface area contributed by atoms with Gasteiger partial charge in [-0.3, -0.25) is 0 Å². The highest BCUT2D eigenvalue weighted by molar-refractivity contribution is 14.1. The molecule has 0 amide bonds. The second kappa shape index (κ2) is 7.68. The summed E-state index contributed by atoms with van der Waals surface area (Å²) in [5.41, 5.74) is 0.373. The van der Waals surface area contributed by atoms with Crippen LogP contribution in [0.2, 0.25) is 0 Å². The lowest BCUT2D eigenvalue weighted by Gasteiger charge is -2.11. The first-order valence-corrected chi connectivity index (χ1v) is 10.5. The minimum absolute atomic E-state index is 0.373. The van der Waals surface area contributed by atoms with Gasteiger partial charge in [-0.1, -0.05) is 0 Å². The normalized spacial score (nSPS) is 11.4. The van der Waals surface area contributed by atoms with Crippen LogP contribution in [0.5, 0.6) is 0 Å². The lowest BCUT2D eigenvalue weighted by molar-refractivity contribution is 0.0526. The number of carbonyl (C=O) groups excluding carboxylic acids is 1. The maximum absolute atomic E-state index is 11.8. The Balaban J connectivity index is 2.89. The summed E-state index contributed by atoms with van der Waals surface area (Å²) in [4.78, 5) is 11.8. The van der Waals surface area contributed by atoms with E-state index in [-0.39, 0.29) is 0 Å². The highest BCUT2D eigenvalue weighted by Crippen LogP contribution is 2.29. The standard InChI is InChI=1S/C9H6I4O5S/c10-5-3-4(6(11)8(13)7(5)12)9(14)18-1-2-19(15,16)17/h3H,1-2H2,(H,15,16,17)/p-1. The SMILES string of the molecule is O=C(OCCS(=O)(=O)[O-])c1cc(I)c(I)c(I)c1I. The van der Waals surface area contributed by atoms with Gasteiger partial charge in [0, 0.05) is 14.3 Å². The molecule has 0 bridgehead atoms. The highest BCUT2D eigenvalue weighted by atomic mass is 127. The second-order valence-corrected chi connectivity index (χ2v) is 9.17. The molecule has 0 heterocycles. The van der Waals surface area contributed by atoms with Gasteiger partial charge in [-0.25, -0.2) is 13.2 Å². The summed E-state index contributed by atoms with van der Waals surface area (Å²) in [5.74, 6) is -1.34. The second-order valence-electron chi connectivity index (χ2n) is 3.25. The predicted molar refractivity (Wildman–Crippen MR) is 102 cm³/mol. The van der Waals surface area contributed by atoms with E-state index in [1.54, 1.807) is 6.07 Å². The van der Waals surface area contributed by atoms with E-state index in [4.69, 9.17) is 4.74 Å². The van der Waals surface area contributed by atoms with E-state index < -0.39 is 28.4 Å². The molecule has 0 aliphatic heterocycles. The van der Waals surface area contributed by atoms with Crippen LogP contribution in [-0.2, 0) is 14.9 Å². The summed E-state index contributed by atoms with van der Waals surface area (Å²) >= 11 is 8.45. The molecule has 10 heteroatoms. The van der Waals surface area contributed by atoms with Crippen LogP contribution < -0.4 is 0 Å². The summed E-state index contributed by atoms with van der Waals surface area (Å²) in [5, 5.41) is 0. The third-order valence-electron chi connectivity index (χ3n) is 1.89. The molecule has 0 aromatic heterocycles. The largest absolute Gasteiger partial charge is 0.748 e. The molecule has 0 saturated carbocycles. The van der Waals surface area contributed by atoms with Crippen LogP contribution in [0, 0.1) is 14.3 Å². The smallest absolute Gasteiger partial charge is 0.339 e. The number of carbonyl (C=O) groups is 1. The molecular formula is C9H5I4O5S-. The minimum Gasteiger partial charge on any atom is -0.748 e. The zero-order valence-corrected chi connectivity index (χ0v) is 18.4. The predicted octanol–water partition coefficient (Wildman–Crippen LogP) is 2.81. The maximum Gasteiger partial charge on any atom is 0.339 e. The molecule has 0 atom stereocenters. The Labute approximate surface area is 164 Å². The molecule has 19 heavy (non-hydrogen) atoms. The van der Waals surface area contributed by atoms with E-state index >= 15 is 0 Å². The molecule has 1 aromatic rings. The Hall–Kier alpha value is 1.52. The molecule has 0 saturated heterocycles. The zero-order valence-electron chi connectivity index (χ0n) is 8.95. The summed E-state index contributed by atoms with van der Waals surface area (Å²) in [6, 6.07) is 1.68. The van der Waals surface area contributed by atoms with Gasteiger partial charge in [0.05, 0.1) is 21.4 Å². The fraction of sp³-hybridized carbons (Fsp3) is 0.222. The lowest BCUT2D eigenvalue weighted by Crippen LogP contribution is -2.16. The van der Waals surface area contributed by atoms with Crippen molar-refractivity contribution in [1.29, 1.82) is 0 Å². The van der Waals surface area contributed by atoms with Crippen molar-refractivity contribution in [2.75, 3.05) is 12.4 Å². The monoisotopic (exact) mass is 733 g/mol. The van der Waals surface area contributed by atoms with Crippen LogP contribution in [0.3, 0.4) is 0 Å². The van der Waals surface area contributed by atoms with E-state index in [2.05, 4.69) is 67.8 Å². The summed E-state index contributed by atoms with van der Waals surface area (Å²) in [6.45, 7) is -0.431. The third-order valence-corrected chi connectivity index (χ3v) is 9.82. The summed E-state index contributed by atoms with van der Waals surface area (Å²) < 4.78 is 39.7. The Morgan fingerprint density at radius 3 is 2.26 bits per heavy atom. The van der Waals surface area contributed by atoms with Crippen LogP contribution in [0.4, 0.5) is 0 Å². The molecule has 0 spiro atoms. The van der Waals surface area contributed by atoms with Crippen LogP contribution in [0.15, 0.2) is 6.07 Å². The quantitative estimate of drug-likeness (QED) is 0.157. The summed E-state index contributed by atoms with van der Waals surface area (Å²) in [7, 11) is -4.37. The average Bonchev–Trinajstić information content (AvgIpc) is 2.29. The van der Waals surface area contributed by atoms with E-state index in [9.17, 15) is 17.8 Å². The Morgan fingerprint density at radius 1 is 1.16 bits per heavy atom. The Kier molecular flexibility index (Phi) is 7.51. The lowest BCUT2D eigenvalue weighted by atomic mass is 10.2. The molecular weight excluding hydrogens is 728 g/mol. The maximum atomic E-state index is 11.8. The number of hydrogen-bond donors (Lipinski definition) is 0. The molecule has 5 nitrogen and oxygen atoms in total. The van der Waals surface area contributed by atoms with Crippen molar-refractivity contribution in [1.82, 2.24) is 0 Å². The molecule has 0 radical (unpaired) electrons.